The molecule has 1 aliphatic rings. The second-order valence-electron chi connectivity index (χ2n) is 5.42. The van der Waals surface area contributed by atoms with Crippen molar-refractivity contribution in [1.29, 1.82) is 0 Å². The maximum atomic E-state index is 13.7. The smallest absolute Gasteiger partial charge is 0.387 e. The fourth-order valence-electron chi connectivity index (χ4n) is 2.53. The Morgan fingerprint density at radius 2 is 2.00 bits per heavy atom. The number of fused-ring (bicyclic) bond motifs is 1. The van der Waals surface area contributed by atoms with E-state index in [1.54, 1.807) is 0 Å². The lowest BCUT2D eigenvalue weighted by Gasteiger charge is -2.18. The Morgan fingerprint density at radius 1 is 1.17 bits per heavy atom. The van der Waals surface area contributed by atoms with Gasteiger partial charge in [0.05, 0.1) is 0 Å². The van der Waals surface area contributed by atoms with Gasteiger partial charge in [0, 0.05) is 24.3 Å². The largest absolute Gasteiger partial charge is 0.432 e. The molecule has 2 aromatic rings. The van der Waals surface area contributed by atoms with Crippen molar-refractivity contribution in [2.75, 3.05) is 10.6 Å². The average Bonchev–Trinajstić information content (AvgIpc) is 2.54. The van der Waals surface area contributed by atoms with Crippen LogP contribution in [0.25, 0.3) is 0 Å². The van der Waals surface area contributed by atoms with E-state index in [-0.39, 0.29) is 5.91 Å². The summed E-state index contributed by atoms with van der Waals surface area (Å²) in [6.45, 7) is -2.76. The van der Waals surface area contributed by atoms with Gasteiger partial charge in [0.15, 0.2) is 11.6 Å². The van der Waals surface area contributed by atoms with Gasteiger partial charge in [0.25, 0.3) is 0 Å². The van der Waals surface area contributed by atoms with E-state index in [1.807, 2.05) is 18.2 Å². The number of halogens is 3. The van der Waals surface area contributed by atoms with E-state index in [1.165, 1.54) is 12.1 Å². The highest BCUT2D eigenvalue weighted by molar-refractivity contribution is 5.94. The number of ether oxygens (including phenoxy) is 1. The molecule has 0 radical (unpaired) electrons. The van der Waals surface area contributed by atoms with Crippen LogP contribution >= 0.6 is 0 Å². The van der Waals surface area contributed by atoms with Gasteiger partial charge in [-0.3, -0.25) is 4.79 Å². The number of carbonyl (C=O) groups is 1. The number of hydrogen-bond donors (Lipinski definition) is 2. The molecule has 0 unspecified atom stereocenters. The highest BCUT2D eigenvalue weighted by Gasteiger charge is 2.15. The standard InChI is InChI=1S/C17H15F3N2O2/c18-13-7-10(1-5-15(13)24-17(19)20)9-21-12-4-2-11-3-6-16(23)22-14(11)8-12/h1-2,4-5,7-8,17,21H,3,6,9H2,(H,22,23). The van der Waals surface area contributed by atoms with Gasteiger partial charge in [0.1, 0.15) is 0 Å². The summed E-state index contributed by atoms with van der Waals surface area (Å²) in [4.78, 5) is 11.4. The molecule has 0 fully saturated rings. The molecule has 1 amide bonds. The minimum Gasteiger partial charge on any atom is -0.432 e. The summed E-state index contributed by atoms with van der Waals surface area (Å²) in [5, 5.41) is 5.91. The van der Waals surface area contributed by atoms with Crippen LogP contribution in [-0.2, 0) is 17.8 Å². The fraction of sp³-hybridized carbons (Fsp3) is 0.235. The Kier molecular flexibility index (Phi) is 4.59. The van der Waals surface area contributed by atoms with Crippen LogP contribution in [0.4, 0.5) is 24.5 Å². The number of rotatable bonds is 5. The minimum atomic E-state index is -3.06. The van der Waals surface area contributed by atoms with Crippen LogP contribution in [-0.4, -0.2) is 12.5 Å². The van der Waals surface area contributed by atoms with E-state index in [2.05, 4.69) is 15.4 Å². The van der Waals surface area contributed by atoms with E-state index in [4.69, 9.17) is 0 Å². The van der Waals surface area contributed by atoms with Crippen molar-refractivity contribution in [1.82, 2.24) is 0 Å². The normalized spacial score (nSPS) is 13.4. The Balaban J connectivity index is 1.66. The van der Waals surface area contributed by atoms with Crippen LogP contribution in [0, 0.1) is 5.82 Å². The zero-order valence-electron chi connectivity index (χ0n) is 12.6. The predicted octanol–water partition coefficient (Wildman–Crippen LogP) is 3.92. The Morgan fingerprint density at radius 3 is 2.75 bits per heavy atom. The van der Waals surface area contributed by atoms with Crippen LogP contribution in [0.2, 0.25) is 0 Å². The number of carbonyl (C=O) groups excluding carboxylic acids is 1. The summed E-state index contributed by atoms with van der Waals surface area (Å²) in [5.41, 5.74) is 3.18. The molecule has 0 spiro atoms. The zero-order valence-corrected chi connectivity index (χ0v) is 12.6. The van der Waals surface area contributed by atoms with Crippen molar-refractivity contribution in [3.05, 3.63) is 53.3 Å². The van der Waals surface area contributed by atoms with Crippen molar-refractivity contribution in [3.63, 3.8) is 0 Å². The quantitative estimate of drug-likeness (QED) is 0.870. The van der Waals surface area contributed by atoms with E-state index >= 15 is 0 Å². The van der Waals surface area contributed by atoms with Gasteiger partial charge in [-0.2, -0.15) is 8.78 Å². The minimum absolute atomic E-state index is 0.0173. The molecule has 1 heterocycles. The first-order chi connectivity index (χ1) is 11.5. The monoisotopic (exact) mass is 336 g/mol. The molecule has 0 bridgehead atoms. The summed E-state index contributed by atoms with van der Waals surface area (Å²) in [5.74, 6) is -1.34. The maximum Gasteiger partial charge on any atom is 0.387 e. The SMILES string of the molecule is O=C1CCc2ccc(NCc3ccc(OC(F)F)c(F)c3)cc2N1. The van der Waals surface area contributed by atoms with E-state index in [0.29, 0.717) is 24.9 Å². The van der Waals surface area contributed by atoms with E-state index in [0.717, 1.165) is 23.0 Å². The zero-order chi connectivity index (χ0) is 17.1. The van der Waals surface area contributed by atoms with Crippen LogP contribution in [0.1, 0.15) is 17.5 Å². The molecule has 0 atom stereocenters. The van der Waals surface area contributed by atoms with Gasteiger partial charge >= 0.3 is 6.61 Å². The van der Waals surface area contributed by atoms with Crippen LogP contribution < -0.4 is 15.4 Å². The average molecular weight is 336 g/mol. The lowest BCUT2D eigenvalue weighted by atomic mass is 10.0. The Labute approximate surface area is 136 Å². The molecule has 126 valence electrons. The Hall–Kier alpha value is -2.70. The molecule has 3 rings (SSSR count). The molecule has 4 nitrogen and oxygen atoms in total. The molecule has 1 aliphatic heterocycles. The summed E-state index contributed by atoms with van der Waals surface area (Å²) in [7, 11) is 0. The molecule has 0 saturated carbocycles. The summed E-state index contributed by atoms with van der Waals surface area (Å²) in [6.07, 6.45) is 1.18. The first-order valence-corrected chi connectivity index (χ1v) is 7.41. The fourth-order valence-corrected chi connectivity index (χ4v) is 2.53. The first-order valence-electron chi connectivity index (χ1n) is 7.41. The van der Waals surface area contributed by atoms with Crippen molar-refractivity contribution >= 4 is 17.3 Å². The predicted molar refractivity (Wildman–Crippen MR) is 83.8 cm³/mol. The molecule has 0 aliphatic carbocycles. The lowest BCUT2D eigenvalue weighted by molar-refractivity contribution is -0.116. The van der Waals surface area contributed by atoms with Crippen LogP contribution in [0.5, 0.6) is 5.75 Å². The van der Waals surface area contributed by atoms with E-state index in [9.17, 15) is 18.0 Å². The van der Waals surface area contributed by atoms with Crippen molar-refractivity contribution in [2.45, 2.75) is 26.0 Å². The van der Waals surface area contributed by atoms with Gasteiger partial charge < -0.3 is 15.4 Å². The van der Waals surface area contributed by atoms with Crippen molar-refractivity contribution < 1.29 is 22.7 Å². The van der Waals surface area contributed by atoms with Gasteiger partial charge in [-0.25, -0.2) is 4.39 Å². The summed E-state index contributed by atoms with van der Waals surface area (Å²) in [6, 6.07) is 9.44. The van der Waals surface area contributed by atoms with Gasteiger partial charge in [0.2, 0.25) is 5.91 Å². The van der Waals surface area contributed by atoms with Crippen LogP contribution in [0.15, 0.2) is 36.4 Å². The molecule has 24 heavy (non-hydrogen) atoms. The number of alkyl halides is 2. The van der Waals surface area contributed by atoms with E-state index < -0.39 is 18.2 Å². The third kappa shape index (κ3) is 3.79. The first kappa shape index (κ1) is 16.2. The molecule has 0 aromatic heterocycles. The number of nitrogens with one attached hydrogen (secondary N) is 2. The maximum absolute atomic E-state index is 13.7. The Bertz CT molecular complexity index is 765. The molecule has 7 heteroatoms. The van der Waals surface area contributed by atoms with Crippen molar-refractivity contribution in [2.24, 2.45) is 0 Å². The van der Waals surface area contributed by atoms with Gasteiger partial charge in [-0.15, -0.1) is 0 Å². The van der Waals surface area contributed by atoms with Gasteiger partial charge in [-0.05, 0) is 41.8 Å². The highest BCUT2D eigenvalue weighted by atomic mass is 19.3. The summed E-state index contributed by atoms with van der Waals surface area (Å²) >= 11 is 0. The van der Waals surface area contributed by atoms with Gasteiger partial charge in [-0.1, -0.05) is 12.1 Å². The second kappa shape index (κ2) is 6.82. The van der Waals surface area contributed by atoms with Crippen molar-refractivity contribution in [3.8, 4) is 5.75 Å². The van der Waals surface area contributed by atoms with Crippen LogP contribution in [0.3, 0.4) is 0 Å². The third-order valence-electron chi connectivity index (χ3n) is 3.71. The number of anilines is 2. The number of amides is 1. The lowest BCUT2D eigenvalue weighted by Crippen LogP contribution is -2.19. The molecule has 0 saturated heterocycles. The highest BCUT2D eigenvalue weighted by Crippen LogP contribution is 2.26. The number of aryl methyl sites for hydroxylation is 1. The summed E-state index contributed by atoms with van der Waals surface area (Å²) < 4.78 is 41.9. The molecule has 2 aromatic carbocycles. The molecular formula is C17H15F3N2O2. The second-order valence-corrected chi connectivity index (χ2v) is 5.42. The number of hydrogen-bond acceptors (Lipinski definition) is 3. The molecular weight excluding hydrogens is 321 g/mol. The molecule has 2 N–H and O–H groups in total. The third-order valence-corrected chi connectivity index (χ3v) is 3.71. The topological polar surface area (TPSA) is 50.4 Å². The number of benzene rings is 2.